The van der Waals surface area contributed by atoms with E-state index in [2.05, 4.69) is 68.5 Å². The van der Waals surface area contributed by atoms with Crippen LogP contribution >= 0.6 is 0 Å². The Hall–Kier alpha value is -3.84. The number of hydrogen-bond acceptors (Lipinski definition) is 6. The normalized spacial score (nSPS) is 15.2. The van der Waals surface area contributed by atoms with Crippen molar-refractivity contribution >= 4 is 45.8 Å². The Morgan fingerprint density at radius 2 is 2.00 bits per heavy atom. The van der Waals surface area contributed by atoms with E-state index in [9.17, 15) is 4.79 Å². The summed E-state index contributed by atoms with van der Waals surface area (Å²) in [6.45, 7) is 5.04. The van der Waals surface area contributed by atoms with Gasteiger partial charge in [-0.25, -0.2) is 4.79 Å². The second-order valence-electron chi connectivity index (χ2n) is 8.78. The predicted molar refractivity (Wildman–Crippen MR) is 142 cm³/mol. The molecule has 2 aromatic carbocycles. The molecule has 0 bridgehead atoms. The van der Waals surface area contributed by atoms with E-state index in [1.807, 2.05) is 12.3 Å². The summed E-state index contributed by atoms with van der Waals surface area (Å²) in [5, 5.41) is 2.14. The first-order valence-corrected chi connectivity index (χ1v) is 11.9. The molecule has 5 rings (SSSR count). The summed E-state index contributed by atoms with van der Waals surface area (Å²) in [6, 6.07) is 14.2. The average Bonchev–Trinajstić information content (AvgIpc) is 3.50. The van der Waals surface area contributed by atoms with Crippen LogP contribution in [-0.2, 0) is 4.74 Å². The Morgan fingerprint density at radius 1 is 1.14 bits per heavy atom. The molecule has 4 aromatic rings. The number of ether oxygens (including phenoxy) is 1. The number of nitrogens with one attached hydrogen (secondary N) is 1. The quantitative estimate of drug-likeness (QED) is 0.305. The van der Waals surface area contributed by atoms with E-state index in [0.717, 1.165) is 61.3 Å². The zero-order valence-corrected chi connectivity index (χ0v) is 20.2. The number of rotatable bonds is 7. The summed E-state index contributed by atoms with van der Waals surface area (Å²) in [5.74, 6) is -0.216. The number of aliphatic imine (C=N–C) groups is 1. The third kappa shape index (κ3) is 5.00. The van der Waals surface area contributed by atoms with E-state index < -0.39 is 5.97 Å². The number of aromatic nitrogens is 1. The van der Waals surface area contributed by atoms with Gasteiger partial charge in [-0.15, -0.1) is 0 Å². The SMILES string of the molecule is CN=Cc1ccc2[nH]cc(/C=C/CCN3CCN(c4ccc5oc(C(=O)OC)cc5c4)CC3)c2c1. The van der Waals surface area contributed by atoms with Crippen LogP contribution in [0.1, 0.15) is 28.1 Å². The summed E-state index contributed by atoms with van der Waals surface area (Å²) in [4.78, 5) is 24.1. The zero-order chi connectivity index (χ0) is 24.2. The van der Waals surface area contributed by atoms with Crippen molar-refractivity contribution in [2.24, 2.45) is 4.99 Å². The van der Waals surface area contributed by atoms with Gasteiger partial charge < -0.3 is 19.0 Å². The average molecular weight is 471 g/mol. The van der Waals surface area contributed by atoms with Crippen LogP contribution in [0, 0.1) is 0 Å². The van der Waals surface area contributed by atoms with Crippen molar-refractivity contribution < 1.29 is 13.9 Å². The molecular formula is C28H30N4O3. The Bertz CT molecular complexity index is 1390. The topological polar surface area (TPSA) is 74.1 Å². The second-order valence-corrected chi connectivity index (χ2v) is 8.78. The van der Waals surface area contributed by atoms with Gasteiger partial charge in [-0.3, -0.25) is 9.89 Å². The lowest BCUT2D eigenvalue weighted by atomic mass is 10.1. The highest BCUT2D eigenvalue weighted by atomic mass is 16.5. The maximum absolute atomic E-state index is 11.7. The van der Waals surface area contributed by atoms with E-state index in [1.54, 1.807) is 13.1 Å². The number of aromatic amines is 1. The summed E-state index contributed by atoms with van der Waals surface area (Å²) in [7, 11) is 3.15. The lowest BCUT2D eigenvalue weighted by Crippen LogP contribution is -2.46. The smallest absolute Gasteiger partial charge is 0.373 e. The third-order valence-electron chi connectivity index (χ3n) is 6.55. The Kier molecular flexibility index (Phi) is 6.68. The number of benzene rings is 2. The van der Waals surface area contributed by atoms with Gasteiger partial charge in [0.15, 0.2) is 0 Å². The summed E-state index contributed by atoms with van der Waals surface area (Å²) < 4.78 is 10.3. The molecule has 0 amide bonds. The standard InChI is InChI=1S/C28H30N4O3/c1-29-18-20-6-8-25-24(15-20)21(19-30-25)5-3-4-10-31-11-13-32(14-12-31)23-7-9-26-22(16-23)17-27(35-26)28(33)34-2/h3,5-9,15-19,30H,4,10-14H2,1-2H3/b5-3+,29-18?. The van der Waals surface area contributed by atoms with Gasteiger partial charge >= 0.3 is 5.97 Å². The number of piperazine rings is 1. The molecule has 3 heterocycles. The molecule has 0 radical (unpaired) electrons. The molecule has 180 valence electrons. The number of carbonyl (C=O) groups is 1. The number of furan rings is 1. The third-order valence-corrected chi connectivity index (χ3v) is 6.55. The fraction of sp³-hybridized carbons (Fsp3) is 0.286. The fourth-order valence-corrected chi connectivity index (χ4v) is 4.65. The molecule has 0 spiro atoms. The number of hydrogen-bond donors (Lipinski definition) is 1. The molecule has 0 aliphatic carbocycles. The number of carbonyl (C=O) groups excluding carboxylic acids is 1. The maximum atomic E-state index is 11.7. The highest BCUT2D eigenvalue weighted by molar-refractivity contribution is 5.94. The Morgan fingerprint density at radius 3 is 2.80 bits per heavy atom. The van der Waals surface area contributed by atoms with Crippen molar-refractivity contribution in [2.45, 2.75) is 6.42 Å². The van der Waals surface area contributed by atoms with Crippen molar-refractivity contribution in [3.63, 3.8) is 0 Å². The Balaban J connectivity index is 1.14. The molecule has 7 nitrogen and oxygen atoms in total. The predicted octanol–water partition coefficient (Wildman–Crippen LogP) is 4.97. The van der Waals surface area contributed by atoms with Crippen LogP contribution in [0.4, 0.5) is 5.69 Å². The molecule has 1 saturated heterocycles. The lowest BCUT2D eigenvalue weighted by molar-refractivity contribution is 0.0567. The first-order chi connectivity index (χ1) is 17.1. The number of esters is 1. The van der Waals surface area contributed by atoms with Gasteiger partial charge in [0.05, 0.1) is 7.11 Å². The maximum Gasteiger partial charge on any atom is 0.373 e. The molecule has 1 aliphatic rings. The zero-order valence-electron chi connectivity index (χ0n) is 20.2. The molecule has 1 aliphatic heterocycles. The van der Waals surface area contributed by atoms with Gasteiger partial charge in [0.2, 0.25) is 5.76 Å². The van der Waals surface area contributed by atoms with Crippen LogP contribution in [0.15, 0.2) is 64.1 Å². The number of methoxy groups -OCH3 is 1. The number of fused-ring (bicyclic) bond motifs is 2. The van der Waals surface area contributed by atoms with E-state index in [1.165, 1.54) is 18.1 Å². The van der Waals surface area contributed by atoms with E-state index in [4.69, 9.17) is 9.15 Å². The lowest BCUT2D eigenvalue weighted by Gasteiger charge is -2.36. The molecular weight excluding hydrogens is 440 g/mol. The number of nitrogens with zero attached hydrogens (tertiary/aromatic N) is 3. The van der Waals surface area contributed by atoms with Gasteiger partial charge in [-0.2, -0.15) is 0 Å². The van der Waals surface area contributed by atoms with Gasteiger partial charge in [0.1, 0.15) is 5.58 Å². The van der Waals surface area contributed by atoms with Crippen LogP contribution in [0.2, 0.25) is 0 Å². The largest absolute Gasteiger partial charge is 0.463 e. The van der Waals surface area contributed by atoms with Gasteiger partial charge in [-0.1, -0.05) is 18.2 Å². The monoisotopic (exact) mass is 470 g/mol. The van der Waals surface area contributed by atoms with Crippen molar-refractivity contribution in [1.29, 1.82) is 0 Å². The molecule has 35 heavy (non-hydrogen) atoms. The highest BCUT2D eigenvalue weighted by Gasteiger charge is 2.18. The van der Waals surface area contributed by atoms with Gasteiger partial charge in [-0.05, 0) is 53.9 Å². The van der Waals surface area contributed by atoms with Crippen LogP contribution in [0.25, 0.3) is 27.9 Å². The van der Waals surface area contributed by atoms with E-state index in [0.29, 0.717) is 5.58 Å². The minimum atomic E-state index is -0.453. The summed E-state index contributed by atoms with van der Waals surface area (Å²) in [6.07, 6.45) is 9.44. The number of anilines is 1. The second kappa shape index (κ2) is 10.2. The van der Waals surface area contributed by atoms with Crippen LogP contribution < -0.4 is 4.90 Å². The van der Waals surface area contributed by atoms with Crippen molar-refractivity contribution in [1.82, 2.24) is 9.88 Å². The van der Waals surface area contributed by atoms with Gasteiger partial charge in [0, 0.05) is 74.2 Å². The van der Waals surface area contributed by atoms with Crippen LogP contribution in [-0.4, -0.2) is 68.9 Å². The molecule has 2 aromatic heterocycles. The van der Waals surface area contributed by atoms with E-state index in [-0.39, 0.29) is 5.76 Å². The minimum absolute atomic E-state index is 0.236. The fourth-order valence-electron chi connectivity index (χ4n) is 4.65. The van der Waals surface area contributed by atoms with Crippen LogP contribution in [0.5, 0.6) is 0 Å². The minimum Gasteiger partial charge on any atom is -0.463 e. The van der Waals surface area contributed by atoms with Crippen molar-refractivity contribution in [3.8, 4) is 0 Å². The van der Waals surface area contributed by atoms with Crippen molar-refractivity contribution in [3.05, 3.63) is 71.6 Å². The summed E-state index contributed by atoms with van der Waals surface area (Å²) in [5.41, 5.74) is 5.32. The Labute approximate surface area is 204 Å². The molecule has 7 heteroatoms. The molecule has 0 atom stereocenters. The first kappa shape index (κ1) is 22.9. The molecule has 0 unspecified atom stereocenters. The molecule has 1 N–H and O–H groups in total. The highest BCUT2D eigenvalue weighted by Crippen LogP contribution is 2.26. The van der Waals surface area contributed by atoms with Crippen molar-refractivity contribution in [2.75, 3.05) is 51.8 Å². The molecule has 0 saturated carbocycles. The molecule has 1 fully saturated rings. The van der Waals surface area contributed by atoms with E-state index >= 15 is 0 Å². The first-order valence-electron chi connectivity index (χ1n) is 11.9. The van der Waals surface area contributed by atoms with Gasteiger partial charge in [0.25, 0.3) is 0 Å². The summed E-state index contributed by atoms with van der Waals surface area (Å²) >= 11 is 0. The number of H-pyrrole nitrogens is 1. The van der Waals surface area contributed by atoms with Crippen LogP contribution in [0.3, 0.4) is 0 Å².